The van der Waals surface area contributed by atoms with E-state index >= 15 is 0 Å². The molecule has 5 atom stereocenters. The standard InChI is InChI=1S/C16H15N4O7PS/c21-11-12-9(6-25-28(23,24)27-12)26-15(11)20-13-10(14(22)18-7-17-13)19-16(20)29-8-4-2-1-3-5-8/h1-5,7,9,11-12,15,21H,6H2,(H,23,24)(H,17,18,22). The van der Waals surface area contributed by atoms with Crippen LogP contribution in [0.4, 0.5) is 0 Å². The van der Waals surface area contributed by atoms with Crippen molar-refractivity contribution in [3.63, 3.8) is 0 Å². The Morgan fingerprint density at radius 1 is 1.31 bits per heavy atom. The Labute approximate surface area is 167 Å². The highest BCUT2D eigenvalue weighted by Crippen LogP contribution is 2.53. The second-order valence-corrected chi connectivity index (χ2v) is 8.92. The van der Waals surface area contributed by atoms with E-state index in [0.717, 1.165) is 4.90 Å². The van der Waals surface area contributed by atoms with Crippen LogP contribution < -0.4 is 5.56 Å². The first-order valence-electron chi connectivity index (χ1n) is 8.61. The lowest BCUT2D eigenvalue weighted by molar-refractivity contribution is -0.0684. The molecular formula is C16H15N4O7PS. The number of hydrogen-bond acceptors (Lipinski definition) is 9. The van der Waals surface area contributed by atoms with Crippen molar-refractivity contribution >= 4 is 30.7 Å². The number of fused-ring (bicyclic) bond motifs is 2. The fraction of sp³-hybridized carbons (Fsp3) is 0.312. The minimum atomic E-state index is -4.26. The largest absolute Gasteiger partial charge is 0.472 e. The van der Waals surface area contributed by atoms with E-state index in [1.807, 2.05) is 30.3 Å². The Hall–Kier alpha value is -2.05. The molecule has 152 valence electrons. The maximum atomic E-state index is 12.2. The molecule has 0 radical (unpaired) electrons. The maximum absolute atomic E-state index is 12.2. The SMILES string of the molecule is O=c1[nH]cnc2c1nc(Sc1ccccc1)n2C1OC2COP(=O)(O)OC2C1O. The zero-order valence-corrected chi connectivity index (χ0v) is 16.3. The molecule has 0 saturated carbocycles. The van der Waals surface area contributed by atoms with E-state index in [1.165, 1.54) is 22.7 Å². The molecule has 2 aliphatic rings. The molecule has 2 aliphatic heterocycles. The molecule has 11 nitrogen and oxygen atoms in total. The second-order valence-electron chi connectivity index (χ2n) is 6.47. The number of H-pyrrole nitrogens is 1. The summed E-state index contributed by atoms with van der Waals surface area (Å²) in [4.78, 5) is 33.7. The van der Waals surface area contributed by atoms with Crippen molar-refractivity contribution in [1.29, 1.82) is 0 Å². The molecule has 5 rings (SSSR count). The number of aromatic amines is 1. The molecule has 0 bridgehead atoms. The maximum Gasteiger partial charge on any atom is 0.472 e. The summed E-state index contributed by atoms with van der Waals surface area (Å²) >= 11 is 1.26. The minimum Gasteiger partial charge on any atom is -0.386 e. The van der Waals surface area contributed by atoms with E-state index in [2.05, 4.69) is 15.0 Å². The van der Waals surface area contributed by atoms with Crippen LogP contribution in [0.5, 0.6) is 0 Å². The van der Waals surface area contributed by atoms with Crippen molar-refractivity contribution in [2.24, 2.45) is 0 Å². The zero-order valence-electron chi connectivity index (χ0n) is 14.6. The lowest BCUT2D eigenvalue weighted by Crippen LogP contribution is -2.39. The summed E-state index contributed by atoms with van der Waals surface area (Å²) in [5, 5.41) is 11.2. The van der Waals surface area contributed by atoms with Crippen LogP contribution >= 0.6 is 19.6 Å². The third kappa shape index (κ3) is 3.32. The highest BCUT2D eigenvalue weighted by atomic mass is 32.2. The van der Waals surface area contributed by atoms with Crippen LogP contribution in [-0.2, 0) is 18.3 Å². The Balaban J connectivity index is 1.60. The van der Waals surface area contributed by atoms with Gasteiger partial charge in [-0.15, -0.1) is 0 Å². The number of aliphatic hydroxyl groups is 1. The smallest absolute Gasteiger partial charge is 0.386 e. The molecule has 0 aliphatic carbocycles. The summed E-state index contributed by atoms with van der Waals surface area (Å²) in [6.45, 7) is -0.214. The van der Waals surface area contributed by atoms with Gasteiger partial charge in [-0.05, 0) is 12.1 Å². The number of ether oxygens (including phenoxy) is 1. The topological polar surface area (TPSA) is 149 Å². The molecule has 5 unspecified atom stereocenters. The van der Waals surface area contributed by atoms with Crippen molar-refractivity contribution in [2.45, 2.75) is 34.6 Å². The van der Waals surface area contributed by atoms with Gasteiger partial charge < -0.3 is 19.7 Å². The Bertz CT molecular complexity index is 1170. The van der Waals surface area contributed by atoms with Gasteiger partial charge in [-0.25, -0.2) is 14.5 Å². The van der Waals surface area contributed by atoms with Crippen LogP contribution in [0.2, 0.25) is 0 Å². The normalized spacial score (nSPS) is 31.8. The van der Waals surface area contributed by atoms with Crippen molar-refractivity contribution < 1.29 is 28.3 Å². The van der Waals surface area contributed by atoms with Gasteiger partial charge >= 0.3 is 7.82 Å². The van der Waals surface area contributed by atoms with Gasteiger partial charge in [0.05, 0.1) is 12.9 Å². The summed E-state index contributed by atoms with van der Waals surface area (Å²) < 4.78 is 28.9. The molecule has 0 amide bonds. The van der Waals surface area contributed by atoms with Gasteiger partial charge in [0.25, 0.3) is 5.56 Å². The summed E-state index contributed by atoms with van der Waals surface area (Å²) in [5.41, 5.74) is -0.141. The van der Waals surface area contributed by atoms with Crippen molar-refractivity contribution in [2.75, 3.05) is 6.61 Å². The molecule has 2 saturated heterocycles. The van der Waals surface area contributed by atoms with Gasteiger partial charge in [0.1, 0.15) is 18.3 Å². The van der Waals surface area contributed by atoms with Gasteiger partial charge in [0, 0.05) is 4.90 Å². The summed E-state index contributed by atoms with van der Waals surface area (Å²) in [6, 6.07) is 9.34. The zero-order chi connectivity index (χ0) is 20.2. The third-order valence-electron chi connectivity index (χ3n) is 4.62. The molecule has 3 aromatic rings. The number of nitrogens with zero attached hydrogens (tertiary/aromatic N) is 3. The molecule has 2 fully saturated rings. The van der Waals surface area contributed by atoms with E-state index in [4.69, 9.17) is 13.8 Å². The van der Waals surface area contributed by atoms with Gasteiger partial charge in [0.2, 0.25) is 0 Å². The molecule has 0 spiro atoms. The number of aromatic nitrogens is 4. The lowest BCUT2D eigenvalue weighted by Gasteiger charge is -2.27. The average Bonchev–Trinajstić information content (AvgIpc) is 3.20. The molecule has 3 N–H and O–H groups in total. The monoisotopic (exact) mass is 438 g/mol. The van der Waals surface area contributed by atoms with Gasteiger partial charge in [-0.3, -0.25) is 18.4 Å². The highest BCUT2D eigenvalue weighted by molar-refractivity contribution is 7.99. The molecule has 1 aromatic carbocycles. The summed E-state index contributed by atoms with van der Waals surface area (Å²) in [5.74, 6) is 0. The number of aliphatic hydroxyl groups excluding tert-OH is 1. The molecule has 13 heteroatoms. The van der Waals surface area contributed by atoms with E-state index in [9.17, 15) is 19.4 Å². The van der Waals surface area contributed by atoms with Crippen molar-refractivity contribution in [3.05, 3.63) is 47.0 Å². The van der Waals surface area contributed by atoms with Crippen LogP contribution in [0.15, 0.2) is 51.5 Å². The Morgan fingerprint density at radius 3 is 2.90 bits per heavy atom. The number of nitrogens with one attached hydrogen (secondary N) is 1. The Kier molecular flexibility index (Phi) is 4.59. The van der Waals surface area contributed by atoms with Crippen LogP contribution in [0.3, 0.4) is 0 Å². The lowest BCUT2D eigenvalue weighted by atomic mass is 10.1. The third-order valence-corrected chi connectivity index (χ3v) is 6.59. The second kappa shape index (κ2) is 7.03. The number of phosphoric acid groups is 1. The van der Waals surface area contributed by atoms with Gasteiger partial charge in [-0.2, -0.15) is 0 Å². The van der Waals surface area contributed by atoms with E-state index in [-0.39, 0.29) is 17.8 Å². The van der Waals surface area contributed by atoms with Crippen LogP contribution in [-0.4, -0.2) is 54.4 Å². The molecule has 4 heterocycles. The van der Waals surface area contributed by atoms with Gasteiger partial charge in [0.15, 0.2) is 22.5 Å². The predicted molar refractivity (Wildman–Crippen MR) is 99.3 cm³/mol. The minimum absolute atomic E-state index is 0.0848. The van der Waals surface area contributed by atoms with Gasteiger partial charge in [-0.1, -0.05) is 30.0 Å². The number of imidazole rings is 1. The molecular weight excluding hydrogens is 423 g/mol. The molecule has 29 heavy (non-hydrogen) atoms. The highest BCUT2D eigenvalue weighted by Gasteiger charge is 2.53. The fourth-order valence-corrected chi connectivity index (χ4v) is 5.24. The summed E-state index contributed by atoms with van der Waals surface area (Å²) in [7, 11) is -4.26. The van der Waals surface area contributed by atoms with Crippen molar-refractivity contribution in [1.82, 2.24) is 19.5 Å². The first-order valence-corrected chi connectivity index (χ1v) is 10.9. The van der Waals surface area contributed by atoms with E-state index in [1.54, 1.807) is 0 Å². The first-order chi connectivity index (χ1) is 13.9. The fourth-order valence-electron chi connectivity index (χ4n) is 3.34. The predicted octanol–water partition coefficient (Wildman–Crippen LogP) is 1.04. The van der Waals surface area contributed by atoms with Crippen LogP contribution in [0.25, 0.3) is 11.2 Å². The first kappa shape index (κ1) is 18.9. The molecule has 2 aromatic heterocycles. The van der Waals surface area contributed by atoms with Crippen molar-refractivity contribution in [3.8, 4) is 0 Å². The van der Waals surface area contributed by atoms with E-state index in [0.29, 0.717) is 5.16 Å². The Morgan fingerprint density at radius 2 is 2.10 bits per heavy atom. The van der Waals surface area contributed by atoms with E-state index < -0.39 is 37.9 Å². The van der Waals surface area contributed by atoms with Crippen LogP contribution in [0.1, 0.15) is 6.23 Å². The van der Waals surface area contributed by atoms with Crippen LogP contribution in [0, 0.1) is 0 Å². The quantitative estimate of drug-likeness (QED) is 0.507. The summed E-state index contributed by atoms with van der Waals surface area (Å²) in [6.07, 6.45) is -2.96. The number of benzene rings is 1. The average molecular weight is 438 g/mol. The number of rotatable bonds is 3. The number of hydrogen-bond donors (Lipinski definition) is 3. The number of phosphoric ester groups is 1.